The summed E-state index contributed by atoms with van der Waals surface area (Å²) < 4.78 is 16.7. The minimum atomic E-state index is -1.02. The molecule has 5 nitrogen and oxygen atoms in total. The number of allylic oxidation sites excluding steroid dienone is 1. The van der Waals surface area contributed by atoms with Gasteiger partial charge in [0.25, 0.3) is 0 Å². The lowest BCUT2D eigenvalue weighted by molar-refractivity contribution is -0.131. The van der Waals surface area contributed by atoms with Crippen LogP contribution >= 0.6 is 0 Å². The Hall–Kier alpha value is -3.21. The minimum Gasteiger partial charge on any atom is -0.497 e. The molecule has 5 heteroatoms. The fraction of sp³-hybridized carbons (Fsp3) is 0.190. The van der Waals surface area contributed by atoms with Crippen molar-refractivity contribution in [3.8, 4) is 17.2 Å². The summed E-state index contributed by atoms with van der Waals surface area (Å²) in [5, 5.41) is 8.80. The number of carboxylic acid groups (broad SMARTS) is 1. The van der Waals surface area contributed by atoms with Crippen molar-refractivity contribution in [2.75, 3.05) is 20.3 Å². The molecule has 0 atom stereocenters. The van der Waals surface area contributed by atoms with Crippen LogP contribution in [0.1, 0.15) is 11.1 Å². The largest absolute Gasteiger partial charge is 0.497 e. The van der Waals surface area contributed by atoms with Gasteiger partial charge in [-0.1, -0.05) is 24.3 Å². The van der Waals surface area contributed by atoms with Gasteiger partial charge in [-0.05, 0) is 36.3 Å². The molecule has 26 heavy (non-hydrogen) atoms. The highest BCUT2D eigenvalue weighted by Crippen LogP contribution is 2.26. The Morgan fingerprint density at radius 1 is 1.12 bits per heavy atom. The molecule has 0 bridgehead atoms. The van der Waals surface area contributed by atoms with Gasteiger partial charge in [0, 0.05) is 17.7 Å². The second-order valence-corrected chi connectivity index (χ2v) is 5.37. The van der Waals surface area contributed by atoms with Crippen molar-refractivity contribution in [2.24, 2.45) is 0 Å². The first-order chi connectivity index (χ1) is 12.6. The molecule has 0 aliphatic heterocycles. The number of rotatable bonds is 10. The van der Waals surface area contributed by atoms with Crippen LogP contribution in [0.4, 0.5) is 0 Å². The van der Waals surface area contributed by atoms with Gasteiger partial charge in [0.1, 0.15) is 30.5 Å². The van der Waals surface area contributed by atoms with E-state index in [9.17, 15) is 4.79 Å². The number of aliphatic carboxylic acids is 1. The van der Waals surface area contributed by atoms with Gasteiger partial charge < -0.3 is 19.3 Å². The average molecular weight is 354 g/mol. The van der Waals surface area contributed by atoms with E-state index in [-0.39, 0.29) is 0 Å². The normalized spacial score (nSPS) is 10.5. The summed E-state index contributed by atoms with van der Waals surface area (Å²) in [4.78, 5) is 10.7. The summed E-state index contributed by atoms with van der Waals surface area (Å²) in [6, 6.07) is 13.0. The summed E-state index contributed by atoms with van der Waals surface area (Å²) in [6.45, 7) is 4.41. The van der Waals surface area contributed by atoms with E-state index in [0.29, 0.717) is 30.3 Å². The first-order valence-corrected chi connectivity index (χ1v) is 8.17. The van der Waals surface area contributed by atoms with Crippen LogP contribution in [0.5, 0.6) is 17.2 Å². The van der Waals surface area contributed by atoms with E-state index in [2.05, 4.69) is 6.58 Å². The Kier molecular flexibility index (Phi) is 7.31. The van der Waals surface area contributed by atoms with E-state index in [1.54, 1.807) is 25.3 Å². The van der Waals surface area contributed by atoms with Crippen LogP contribution in [-0.2, 0) is 11.2 Å². The quantitative estimate of drug-likeness (QED) is 0.397. The number of ether oxygens (including phenoxy) is 3. The molecule has 0 heterocycles. The molecule has 136 valence electrons. The maximum atomic E-state index is 10.7. The highest BCUT2D eigenvalue weighted by molar-refractivity contribution is 5.86. The predicted molar refractivity (Wildman–Crippen MR) is 101 cm³/mol. The third kappa shape index (κ3) is 5.70. The van der Waals surface area contributed by atoms with Crippen LogP contribution in [0.3, 0.4) is 0 Å². The minimum absolute atomic E-state index is 0.309. The predicted octanol–water partition coefficient (Wildman–Crippen LogP) is 3.98. The fourth-order valence-electron chi connectivity index (χ4n) is 2.34. The van der Waals surface area contributed by atoms with Crippen LogP contribution in [-0.4, -0.2) is 31.4 Å². The summed E-state index contributed by atoms with van der Waals surface area (Å²) in [5.74, 6) is 0.941. The third-order valence-electron chi connectivity index (χ3n) is 3.56. The van der Waals surface area contributed by atoms with Crippen LogP contribution < -0.4 is 14.2 Å². The average Bonchev–Trinajstić information content (AvgIpc) is 2.65. The number of hydrogen-bond acceptors (Lipinski definition) is 4. The Morgan fingerprint density at radius 3 is 2.54 bits per heavy atom. The number of carbonyl (C=O) groups is 1. The van der Waals surface area contributed by atoms with Gasteiger partial charge >= 0.3 is 5.97 Å². The molecule has 1 N–H and O–H groups in total. The number of methoxy groups -OCH3 is 1. The summed E-state index contributed by atoms with van der Waals surface area (Å²) in [6.07, 6.45) is 5.11. The lowest BCUT2D eigenvalue weighted by Gasteiger charge is -2.13. The molecule has 0 fully saturated rings. The zero-order valence-electron chi connectivity index (χ0n) is 14.7. The molecule has 0 aliphatic rings. The highest BCUT2D eigenvalue weighted by Gasteiger charge is 2.06. The van der Waals surface area contributed by atoms with E-state index in [1.807, 2.05) is 30.3 Å². The van der Waals surface area contributed by atoms with E-state index in [0.717, 1.165) is 23.8 Å². The van der Waals surface area contributed by atoms with E-state index in [1.165, 1.54) is 6.08 Å². The Labute approximate surface area is 153 Å². The molecule has 2 aromatic rings. The molecule has 0 amide bonds. The fourth-order valence-corrected chi connectivity index (χ4v) is 2.34. The van der Waals surface area contributed by atoms with Crippen LogP contribution in [0.25, 0.3) is 6.08 Å². The maximum Gasteiger partial charge on any atom is 0.328 e. The molecule has 2 rings (SSSR count). The molecule has 0 radical (unpaired) electrons. The van der Waals surface area contributed by atoms with Crippen molar-refractivity contribution in [1.29, 1.82) is 0 Å². The third-order valence-corrected chi connectivity index (χ3v) is 3.56. The zero-order valence-corrected chi connectivity index (χ0v) is 14.7. The molecular formula is C21H22O5. The van der Waals surface area contributed by atoms with Crippen molar-refractivity contribution < 1.29 is 24.1 Å². The van der Waals surface area contributed by atoms with Gasteiger partial charge in [0.15, 0.2) is 0 Å². The lowest BCUT2D eigenvalue weighted by Crippen LogP contribution is -2.10. The zero-order chi connectivity index (χ0) is 18.8. The van der Waals surface area contributed by atoms with Gasteiger partial charge in [-0.3, -0.25) is 0 Å². The summed E-state index contributed by atoms with van der Waals surface area (Å²) >= 11 is 0. The molecule has 0 saturated carbocycles. The van der Waals surface area contributed by atoms with Gasteiger partial charge in [-0.25, -0.2) is 4.79 Å². The number of carboxylic acids is 1. The Balaban J connectivity index is 2.00. The molecule has 0 saturated heterocycles. The van der Waals surface area contributed by atoms with E-state index < -0.39 is 5.97 Å². The molecule has 0 unspecified atom stereocenters. The summed E-state index contributed by atoms with van der Waals surface area (Å²) in [7, 11) is 1.56. The molecule has 2 aromatic carbocycles. The van der Waals surface area contributed by atoms with Crippen molar-refractivity contribution in [2.45, 2.75) is 6.42 Å². The van der Waals surface area contributed by atoms with Crippen molar-refractivity contribution in [3.63, 3.8) is 0 Å². The molecule has 0 aromatic heterocycles. The van der Waals surface area contributed by atoms with Gasteiger partial charge in [-0.2, -0.15) is 0 Å². The van der Waals surface area contributed by atoms with Crippen LogP contribution in [0.15, 0.2) is 61.2 Å². The second kappa shape index (κ2) is 9.93. The second-order valence-electron chi connectivity index (χ2n) is 5.37. The van der Waals surface area contributed by atoms with E-state index in [4.69, 9.17) is 19.3 Å². The molecule has 0 aliphatic carbocycles. The van der Waals surface area contributed by atoms with Gasteiger partial charge in [-0.15, -0.1) is 6.58 Å². The maximum absolute atomic E-state index is 10.7. The smallest absolute Gasteiger partial charge is 0.328 e. The first kappa shape index (κ1) is 19.1. The van der Waals surface area contributed by atoms with Gasteiger partial charge in [0.05, 0.1) is 7.11 Å². The summed E-state index contributed by atoms with van der Waals surface area (Å²) in [5.41, 5.74) is 1.72. The first-order valence-electron chi connectivity index (χ1n) is 8.17. The van der Waals surface area contributed by atoms with Crippen molar-refractivity contribution in [3.05, 3.63) is 72.3 Å². The van der Waals surface area contributed by atoms with E-state index >= 15 is 0 Å². The number of hydrogen-bond donors (Lipinski definition) is 1. The Morgan fingerprint density at radius 2 is 1.85 bits per heavy atom. The van der Waals surface area contributed by atoms with Crippen molar-refractivity contribution >= 4 is 12.0 Å². The lowest BCUT2D eigenvalue weighted by atomic mass is 10.1. The monoisotopic (exact) mass is 354 g/mol. The highest BCUT2D eigenvalue weighted by atomic mass is 16.5. The standard InChI is InChI=1S/C21H22O5/c1-3-6-16-7-4-5-8-19(16)25-13-14-26-20-15-18(24-2)11-9-17(20)10-12-21(22)23/h3-5,7-12,15H,1,6,13-14H2,2H3,(H,22,23). The SMILES string of the molecule is C=CCc1ccccc1OCCOc1cc(OC)ccc1C=CC(=O)O. The number of para-hydroxylation sites is 1. The van der Waals surface area contributed by atoms with Gasteiger partial charge in [0.2, 0.25) is 0 Å². The molecular weight excluding hydrogens is 332 g/mol. The molecule has 0 spiro atoms. The number of benzene rings is 2. The van der Waals surface area contributed by atoms with Crippen molar-refractivity contribution in [1.82, 2.24) is 0 Å². The Bertz CT molecular complexity index is 780. The van der Waals surface area contributed by atoms with Crippen LogP contribution in [0.2, 0.25) is 0 Å². The van der Waals surface area contributed by atoms with Crippen LogP contribution in [0, 0.1) is 0 Å². The topological polar surface area (TPSA) is 65.0 Å².